The summed E-state index contributed by atoms with van der Waals surface area (Å²) < 4.78 is 6.14. The number of nitrogens with zero attached hydrogens (tertiary/aromatic N) is 1. The summed E-state index contributed by atoms with van der Waals surface area (Å²) in [5.74, 6) is 0. The van der Waals surface area contributed by atoms with E-state index in [1.54, 1.807) is 7.11 Å². The van der Waals surface area contributed by atoms with Crippen molar-refractivity contribution in [3.63, 3.8) is 0 Å². The summed E-state index contributed by atoms with van der Waals surface area (Å²) in [6, 6.07) is 4.15. The Morgan fingerprint density at radius 1 is 1.50 bits per heavy atom. The van der Waals surface area contributed by atoms with Crippen molar-refractivity contribution < 1.29 is 4.74 Å². The highest BCUT2D eigenvalue weighted by molar-refractivity contribution is 14.1. The molecule has 0 atom stereocenters. The standard InChI is InChI=1S/C9H12INO/c1-12-6-2-3-9-5-4-8(10)7-11-9/h4-5,7H,2-3,6H2,1H3. The third kappa shape index (κ3) is 3.49. The number of aryl methyl sites for hydroxylation is 1. The molecule has 0 amide bonds. The third-order valence-electron chi connectivity index (χ3n) is 1.57. The van der Waals surface area contributed by atoms with Gasteiger partial charge in [0, 0.05) is 29.2 Å². The summed E-state index contributed by atoms with van der Waals surface area (Å²) >= 11 is 2.25. The van der Waals surface area contributed by atoms with Gasteiger partial charge in [0.15, 0.2) is 0 Å². The van der Waals surface area contributed by atoms with E-state index >= 15 is 0 Å². The Morgan fingerprint density at radius 2 is 2.33 bits per heavy atom. The summed E-state index contributed by atoms with van der Waals surface area (Å²) in [5.41, 5.74) is 1.15. The van der Waals surface area contributed by atoms with E-state index in [9.17, 15) is 0 Å². The van der Waals surface area contributed by atoms with Gasteiger partial charge < -0.3 is 4.74 Å². The van der Waals surface area contributed by atoms with E-state index in [0.29, 0.717) is 0 Å². The molecule has 0 N–H and O–H groups in total. The lowest BCUT2D eigenvalue weighted by Gasteiger charge is -1.99. The molecule has 0 fully saturated rings. The van der Waals surface area contributed by atoms with Crippen molar-refractivity contribution in [1.82, 2.24) is 4.98 Å². The third-order valence-corrected chi connectivity index (χ3v) is 2.21. The molecule has 0 radical (unpaired) electrons. The zero-order valence-electron chi connectivity index (χ0n) is 7.09. The van der Waals surface area contributed by atoms with E-state index in [1.807, 2.05) is 6.20 Å². The summed E-state index contributed by atoms with van der Waals surface area (Å²) in [6.45, 7) is 0.813. The van der Waals surface area contributed by atoms with E-state index in [0.717, 1.165) is 25.1 Å². The van der Waals surface area contributed by atoms with Gasteiger partial charge in [-0.2, -0.15) is 0 Å². The van der Waals surface area contributed by atoms with Crippen molar-refractivity contribution in [2.75, 3.05) is 13.7 Å². The van der Waals surface area contributed by atoms with Crippen molar-refractivity contribution in [2.24, 2.45) is 0 Å². The smallest absolute Gasteiger partial charge is 0.0466 e. The summed E-state index contributed by atoms with van der Waals surface area (Å²) in [4.78, 5) is 4.29. The van der Waals surface area contributed by atoms with Crippen LogP contribution in [-0.2, 0) is 11.2 Å². The molecule has 1 aromatic heterocycles. The Balaban J connectivity index is 2.37. The molecule has 0 saturated carbocycles. The fraction of sp³-hybridized carbons (Fsp3) is 0.444. The highest BCUT2D eigenvalue weighted by atomic mass is 127. The van der Waals surface area contributed by atoms with E-state index in [1.165, 1.54) is 3.57 Å². The van der Waals surface area contributed by atoms with Gasteiger partial charge in [-0.25, -0.2) is 0 Å². The molecule has 1 rings (SSSR count). The highest BCUT2D eigenvalue weighted by Crippen LogP contribution is 2.04. The van der Waals surface area contributed by atoms with Crippen LogP contribution in [0.4, 0.5) is 0 Å². The number of halogens is 1. The predicted octanol–water partition coefficient (Wildman–Crippen LogP) is 2.27. The first-order valence-electron chi connectivity index (χ1n) is 3.92. The summed E-state index contributed by atoms with van der Waals surface area (Å²) in [6.07, 6.45) is 3.94. The molecular weight excluding hydrogens is 265 g/mol. The van der Waals surface area contributed by atoms with Crippen LogP contribution in [0.25, 0.3) is 0 Å². The van der Waals surface area contributed by atoms with Crippen LogP contribution in [-0.4, -0.2) is 18.7 Å². The van der Waals surface area contributed by atoms with Crippen LogP contribution in [0.5, 0.6) is 0 Å². The molecule has 0 aromatic carbocycles. The molecule has 1 aromatic rings. The Labute approximate surface area is 86.5 Å². The van der Waals surface area contributed by atoms with Crippen molar-refractivity contribution in [3.8, 4) is 0 Å². The molecule has 0 spiro atoms. The average Bonchev–Trinajstić information content (AvgIpc) is 2.09. The van der Waals surface area contributed by atoms with E-state index in [-0.39, 0.29) is 0 Å². The largest absolute Gasteiger partial charge is 0.385 e. The fourth-order valence-corrected chi connectivity index (χ4v) is 1.27. The molecule has 0 aliphatic heterocycles. The minimum atomic E-state index is 0.813. The molecule has 66 valence electrons. The fourth-order valence-electron chi connectivity index (χ4n) is 0.952. The number of methoxy groups -OCH3 is 1. The first-order valence-corrected chi connectivity index (χ1v) is 5.00. The SMILES string of the molecule is COCCCc1ccc(I)cn1. The van der Waals surface area contributed by atoms with Crippen LogP contribution in [0.15, 0.2) is 18.3 Å². The van der Waals surface area contributed by atoms with Crippen LogP contribution in [0.3, 0.4) is 0 Å². The first kappa shape index (κ1) is 9.92. The summed E-state index contributed by atoms with van der Waals surface area (Å²) in [7, 11) is 1.72. The molecule has 0 bridgehead atoms. The van der Waals surface area contributed by atoms with Gasteiger partial charge in [-0.05, 0) is 47.6 Å². The van der Waals surface area contributed by atoms with Gasteiger partial charge in [0.25, 0.3) is 0 Å². The number of ether oxygens (including phenoxy) is 1. The van der Waals surface area contributed by atoms with E-state index < -0.39 is 0 Å². The predicted molar refractivity (Wildman–Crippen MR) is 57.2 cm³/mol. The van der Waals surface area contributed by atoms with Gasteiger partial charge in [0.05, 0.1) is 0 Å². The summed E-state index contributed by atoms with van der Waals surface area (Å²) in [5, 5.41) is 0. The number of rotatable bonds is 4. The maximum absolute atomic E-state index is 4.96. The molecule has 12 heavy (non-hydrogen) atoms. The molecule has 0 aliphatic rings. The minimum Gasteiger partial charge on any atom is -0.385 e. The second-order valence-electron chi connectivity index (χ2n) is 2.56. The van der Waals surface area contributed by atoms with E-state index in [2.05, 4.69) is 39.7 Å². The molecule has 2 nitrogen and oxygen atoms in total. The Bertz CT molecular complexity index is 222. The van der Waals surface area contributed by atoms with Crippen molar-refractivity contribution >= 4 is 22.6 Å². The van der Waals surface area contributed by atoms with Crippen LogP contribution in [0.2, 0.25) is 0 Å². The zero-order chi connectivity index (χ0) is 8.81. The van der Waals surface area contributed by atoms with Crippen LogP contribution >= 0.6 is 22.6 Å². The average molecular weight is 277 g/mol. The van der Waals surface area contributed by atoms with Crippen molar-refractivity contribution in [3.05, 3.63) is 27.6 Å². The maximum atomic E-state index is 4.96. The lowest BCUT2D eigenvalue weighted by molar-refractivity contribution is 0.195. The van der Waals surface area contributed by atoms with Crippen LogP contribution in [0.1, 0.15) is 12.1 Å². The van der Waals surface area contributed by atoms with Gasteiger partial charge in [0.1, 0.15) is 0 Å². The normalized spacial score (nSPS) is 10.2. The Kier molecular flexibility index (Phi) is 4.53. The zero-order valence-corrected chi connectivity index (χ0v) is 9.24. The van der Waals surface area contributed by atoms with E-state index in [4.69, 9.17) is 4.74 Å². The molecule has 3 heteroatoms. The van der Waals surface area contributed by atoms with Crippen LogP contribution < -0.4 is 0 Å². The first-order chi connectivity index (χ1) is 5.83. The number of aromatic nitrogens is 1. The van der Waals surface area contributed by atoms with Gasteiger partial charge in [0.2, 0.25) is 0 Å². The Morgan fingerprint density at radius 3 is 2.92 bits per heavy atom. The minimum absolute atomic E-state index is 0.813. The molecular formula is C9H12INO. The number of hydrogen-bond donors (Lipinski definition) is 0. The Hall–Kier alpha value is -0.160. The van der Waals surface area contributed by atoms with Gasteiger partial charge in [-0.15, -0.1) is 0 Å². The molecule has 0 saturated heterocycles. The molecule has 0 aliphatic carbocycles. The number of hydrogen-bond acceptors (Lipinski definition) is 2. The number of pyridine rings is 1. The van der Waals surface area contributed by atoms with Crippen molar-refractivity contribution in [2.45, 2.75) is 12.8 Å². The second kappa shape index (κ2) is 5.48. The lowest BCUT2D eigenvalue weighted by Crippen LogP contribution is -1.94. The van der Waals surface area contributed by atoms with Crippen LogP contribution in [0, 0.1) is 3.57 Å². The van der Waals surface area contributed by atoms with Gasteiger partial charge in [-0.3, -0.25) is 4.98 Å². The monoisotopic (exact) mass is 277 g/mol. The van der Waals surface area contributed by atoms with Gasteiger partial charge in [-0.1, -0.05) is 0 Å². The lowest BCUT2D eigenvalue weighted by atomic mass is 10.2. The van der Waals surface area contributed by atoms with Gasteiger partial charge >= 0.3 is 0 Å². The molecule has 1 heterocycles. The van der Waals surface area contributed by atoms with Crippen molar-refractivity contribution in [1.29, 1.82) is 0 Å². The second-order valence-corrected chi connectivity index (χ2v) is 3.81. The highest BCUT2D eigenvalue weighted by Gasteiger charge is 1.93. The maximum Gasteiger partial charge on any atom is 0.0466 e. The molecule has 0 unspecified atom stereocenters. The quantitative estimate of drug-likeness (QED) is 0.622. The topological polar surface area (TPSA) is 22.1 Å².